The van der Waals surface area contributed by atoms with Crippen LogP contribution in [0.4, 0.5) is 5.13 Å². The van der Waals surface area contributed by atoms with Crippen LogP contribution >= 0.6 is 11.3 Å². The number of amides is 2. The van der Waals surface area contributed by atoms with Crippen molar-refractivity contribution in [2.75, 3.05) is 19.0 Å². The Morgan fingerprint density at radius 1 is 1.17 bits per heavy atom. The summed E-state index contributed by atoms with van der Waals surface area (Å²) in [6.45, 7) is 0.570. The molecular weight excluding hydrogens is 386 g/mol. The minimum atomic E-state index is -0.0667. The van der Waals surface area contributed by atoms with E-state index in [4.69, 9.17) is 4.74 Å². The first-order chi connectivity index (χ1) is 14.1. The standard InChI is InChI=1S/C22H29N3O3S/c1-28-19-9-6-17(7-10-19)12-13-23-21(27)14-18-15-29-22(24-18)25-20(26)11-8-16-4-2-3-5-16/h6-7,9-10,15-16H,2-5,8,11-14H2,1H3,(H,23,27)(H,24,25,26). The molecule has 6 nitrogen and oxygen atoms in total. The highest BCUT2D eigenvalue weighted by Crippen LogP contribution is 2.28. The van der Waals surface area contributed by atoms with Crippen molar-refractivity contribution in [1.29, 1.82) is 0 Å². The molecule has 1 aromatic heterocycles. The van der Waals surface area contributed by atoms with Gasteiger partial charge in [0.15, 0.2) is 5.13 Å². The fraction of sp³-hybridized carbons (Fsp3) is 0.500. The van der Waals surface area contributed by atoms with Gasteiger partial charge in [-0.3, -0.25) is 9.59 Å². The van der Waals surface area contributed by atoms with E-state index in [-0.39, 0.29) is 18.2 Å². The monoisotopic (exact) mass is 415 g/mol. The van der Waals surface area contributed by atoms with Gasteiger partial charge in [0.2, 0.25) is 11.8 Å². The Morgan fingerprint density at radius 3 is 2.66 bits per heavy atom. The van der Waals surface area contributed by atoms with Crippen molar-refractivity contribution in [2.24, 2.45) is 5.92 Å². The first-order valence-electron chi connectivity index (χ1n) is 10.3. The number of anilines is 1. The van der Waals surface area contributed by atoms with Crippen LogP contribution in [0.1, 0.15) is 49.8 Å². The zero-order valence-corrected chi connectivity index (χ0v) is 17.7. The second kappa shape index (κ2) is 11.0. The van der Waals surface area contributed by atoms with Crippen LogP contribution in [0.3, 0.4) is 0 Å². The fourth-order valence-corrected chi connectivity index (χ4v) is 4.35. The van der Waals surface area contributed by atoms with E-state index in [2.05, 4.69) is 15.6 Å². The highest BCUT2D eigenvalue weighted by atomic mass is 32.1. The molecule has 3 rings (SSSR count). The number of ether oxygens (including phenoxy) is 1. The number of rotatable bonds is 10. The van der Waals surface area contributed by atoms with Crippen LogP contribution in [0.2, 0.25) is 0 Å². The van der Waals surface area contributed by atoms with Gasteiger partial charge < -0.3 is 15.4 Å². The molecule has 1 aliphatic rings. The van der Waals surface area contributed by atoms with Gasteiger partial charge in [-0.2, -0.15) is 0 Å². The topological polar surface area (TPSA) is 80.3 Å². The molecule has 2 aromatic rings. The maximum Gasteiger partial charge on any atom is 0.226 e. The summed E-state index contributed by atoms with van der Waals surface area (Å²) >= 11 is 1.37. The lowest BCUT2D eigenvalue weighted by Gasteiger charge is -2.07. The van der Waals surface area contributed by atoms with Crippen LogP contribution in [-0.4, -0.2) is 30.5 Å². The summed E-state index contributed by atoms with van der Waals surface area (Å²) in [6.07, 6.45) is 7.58. The van der Waals surface area contributed by atoms with E-state index >= 15 is 0 Å². The van der Waals surface area contributed by atoms with Crippen LogP contribution < -0.4 is 15.4 Å². The van der Waals surface area contributed by atoms with Crippen molar-refractivity contribution < 1.29 is 14.3 Å². The lowest BCUT2D eigenvalue weighted by molar-refractivity contribution is -0.120. The molecule has 0 radical (unpaired) electrons. The summed E-state index contributed by atoms with van der Waals surface area (Å²) in [4.78, 5) is 28.6. The quantitative estimate of drug-likeness (QED) is 0.615. The molecule has 0 bridgehead atoms. The number of hydrogen-bond donors (Lipinski definition) is 2. The Morgan fingerprint density at radius 2 is 1.93 bits per heavy atom. The minimum absolute atomic E-state index is 0.0155. The highest BCUT2D eigenvalue weighted by Gasteiger charge is 2.17. The molecule has 0 atom stereocenters. The van der Waals surface area contributed by atoms with Gasteiger partial charge in [-0.1, -0.05) is 37.8 Å². The summed E-state index contributed by atoms with van der Waals surface area (Å²) < 4.78 is 5.14. The lowest BCUT2D eigenvalue weighted by Crippen LogP contribution is -2.27. The molecule has 0 unspecified atom stereocenters. The van der Waals surface area contributed by atoms with Crippen molar-refractivity contribution in [2.45, 2.75) is 51.4 Å². The molecule has 1 aromatic carbocycles. The largest absolute Gasteiger partial charge is 0.497 e. The number of carbonyl (C=O) groups is 2. The Bertz CT molecular complexity index is 798. The van der Waals surface area contributed by atoms with Gasteiger partial charge in [-0.15, -0.1) is 11.3 Å². The Balaban J connectivity index is 1.35. The van der Waals surface area contributed by atoms with Crippen LogP contribution in [-0.2, 0) is 22.4 Å². The second-order valence-corrected chi connectivity index (χ2v) is 8.36. The van der Waals surface area contributed by atoms with Crippen LogP contribution in [0, 0.1) is 5.92 Å². The molecule has 156 valence electrons. The van der Waals surface area contributed by atoms with E-state index in [1.807, 2.05) is 29.6 Å². The van der Waals surface area contributed by atoms with Gasteiger partial charge >= 0.3 is 0 Å². The van der Waals surface area contributed by atoms with E-state index in [9.17, 15) is 9.59 Å². The Kier molecular flexibility index (Phi) is 8.04. The summed E-state index contributed by atoms with van der Waals surface area (Å²) in [7, 11) is 1.64. The number of aromatic nitrogens is 1. The molecule has 1 aliphatic carbocycles. The number of methoxy groups -OCH3 is 1. The summed E-state index contributed by atoms with van der Waals surface area (Å²) in [5, 5.41) is 8.18. The van der Waals surface area contributed by atoms with Crippen molar-refractivity contribution >= 4 is 28.3 Å². The fourth-order valence-electron chi connectivity index (χ4n) is 3.63. The predicted molar refractivity (Wildman–Crippen MR) is 115 cm³/mol. The van der Waals surface area contributed by atoms with Gasteiger partial charge in [0.1, 0.15) is 5.75 Å². The Labute approximate surface area is 176 Å². The van der Waals surface area contributed by atoms with E-state index < -0.39 is 0 Å². The van der Waals surface area contributed by atoms with Crippen molar-refractivity contribution in [1.82, 2.24) is 10.3 Å². The van der Waals surface area contributed by atoms with Crippen molar-refractivity contribution in [3.05, 3.63) is 40.9 Å². The molecule has 29 heavy (non-hydrogen) atoms. The van der Waals surface area contributed by atoms with Crippen LogP contribution in [0.5, 0.6) is 5.75 Å². The first kappa shape index (κ1) is 21.3. The molecule has 2 N–H and O–H groups in total. The molecule has 7 heteroatoms. The molecular formula is C22H29N3O3S. The van der Waals surface area contributed by atoms with Gasteiger partial charge in [0.25, 0.3) is 0 Å². The van der Waals surface area contributed by atoms with Crippen LogP contribution in [0.25, 0.3) is 0 Å². The van der Waals surface area contributed by atoms with Crippen LogP contribution in [0.15, 0.2) is 29.6 Å². The SMILES string of the molecule is COc1ccc(CCNC(=O)Cc2csc(NC(=O)CCC3CCCC3)n2)cc1. The number of nitrogens with one attached hydrogen (secondary N) is 2. The van der Waals surface area contributed by atoms with E-state index in [0.717, 1.165) is 24.2 Å². The third kappa shape index (κ3) is 7.16. The molecule has 0 saturated heterocycles. The predicted octanol–water partition coefficient (Wildman–Crippen LogP) is 3.96. The average molecular weight is 416 g/mol. The van der Waals surface area contributed by atoms with E-state index in [1.54, 1.807) is 7.11 Å². The maximum absolute atomic E-state index is 12.1. The summed E-state index contributed by atoms with van der Waals surface area (Å²) in [6, 6.07) is 7.81. The molecule has 2 amide bonds. The zero-order chi connectivity index (χ0) is 20.5. The van der Waals surface area contributed by atoms with Crippen molar-refractivity contribution in [3.8, 4) is 5.75 Å². The number of carbonyl (C=O) groups excluding carboxylic acids is 2. The number of hydrogen-bond acceptors (Lipinski definition) is 5. The van der Waals surface area contributed by atoms with Gasteiger partial charge in [0.05, 0.1) is 19.2 Å². The number of nitrogens with zero attached hydrogens (tertiary/aromatic N) is 1. The summed E-state index contributed by atoms with van der Waals surface area (Å²) in [5.74, 6) is 1.47. The first-order valence-corrected chi connectivity index (χ1v) is 11.1. The second-order valence-electron chi connectivity index (χ2n) is 7.51. The molecule has 1 fully saturated rings. The number of thiazole rings is 1. The maximum atomic E-state index is 12.1. The molecule has 0 aliphatic heterocycles. The van der Waals surface area contributed by atoms with Gasteiger partial charge in [-0.25, -0.2) is 4.98 Å². The smallest absolute Gasteiger partial charge is 0.226 e. The summed E-state index contributed by atoms with van der Waals surface area (Å²) in [5.41, 5.74) is 1.82. The lowest BCUT2D eigenvalue weighted by atomic mass is 10.0. The molecule has 1 heterocycles. The van der Waals surface area contributed by atoms with Gasteiger partial charge in [-0.05, 0) is 36.5 Å². The molecule has 1 saturated carbocycles. The average Bonchev–Trinajstić information content (AvgIpc) is 3.39. The molecule has 0 spiro atoms. The number of benzene rings is 1. The van der Waals surface area contributed by atoms with E-state index in [1.165, 1.54) is 37.0 Å². The normalized spacial score (nSPS) is 14.0. The third-order valence-electron chi connectivity index (χ3n) is 5.29. The minimum Gasteiger partial charge on any atom is -0.497 e. The third-order valence-corrected chi connectivity index (χ3v) is 6.10. The Hall–Kier alpha value is -2.41. The van der Waals surface area contributed by atoms with Gasteiger partial charge in [0, 0.05) is 18.3 Å². The van der Waals surface area contributed by atoms with E-state index in [0.29, 0.717) is 29.7 Å². The van der Waals surface area contributed by atoms with Crippen molar-refractivity contribution in [3.63, 3.8) is 0 Å². The highest BCUT2D eigenvalue weighted by molar-refractivity contribution is 7.13. The zero-order valence-electron chi connectivity index (χ0n) is 16.9.